The molecule has 163 valence electrons. The molecule has 0 aliphatic carbocycles. The van der Waals surface area contributed by atoms with Gasteiger partial charge in [-0.25, -0.2) is 6.58 Å². The van der Waals surface area contributed by atoms with E-state index in [1.807, 2.05) is 48.7 Å². The first-order chi connectivity index (χ1) is 15.1. The maximum atomic E-state index is 5.70. The first-order valence-electron chi connectivity index (χ1n) is 9.82. The molecular formula is C29H26IrN2-2. The SMILES string of the molecule is C=CC=[C-]C(=C)c1cc(C)c(-c2ccccc2)cn1.[CH-]=C(/C=C\C=C)c1ccccn1.[Ir]. The quantitative estimate of drug-likeness (QED) is 0.213. The van der Waals surface area contributed by atoms with Gasteiger partial charge in [0, 0.05) is 38.1 Å². The van der Waals surface area contributed by atoms with E-state index in [0.29, 0.717) is 5.57 Å². The molecule has 0 aliphatic rings. The fourth-order valence-corrected chi connectivity index (χ4v) is 2.67. The third-order valence-electron chi connectivity index (χ3n) is 4.25. The van der Waals surface area contributed by atoms with Crippen LogP contribution < -0.4 is 0 Å². The number of nitrogens with zero attached hydrogens (tertiary/aromatic N) is 2. The van der Waals surface area contributed by atoms with Gasteiger partial charge in [0.25, 0.3) is 0 Å². The number of benzene rings is 1. The number of hydrogen-bond donors (Lipinski definition) is 0. The summed E-state index contributed by atoms with van der Waals surface area (Å²) in [6, 6.07) is 17.9. The van der Waals surface area contributed by atoms with Crippen molar-refractivity contribution in [3.8, 4) is 11.1 Å². The van der Waals surface area contributed by atoms with Crippen LogP contribution in [0.1, 0.15) is 17.0 Å². The summed E-state index contributed by atoms with van der Waals surface area (Å²) in [7, 11) is 0. The first-order valence-corrected chi connectivity index (χ1v) is 9.82. The Labute approximate surface area is 205 Å². The molecule has 32 heavy (non-hydrogen) atoms. The van der Waals surface area contributed by atoms with Crippen molar-refractivity contribution in [3.05, 3.63) is 147 Å². The minimum Gasteiger partial charge on any atom is -0.321 e. The van der Waals surface area contributed by atoms with Crippen LogP contribution in [0.2, 0.25) is 0 Å². The number of aromatic nitrogens is 2. The molecule has 2 aromatic heterocycles. The fraction of sp³-hybridized carbons (Fsp3) is 0.0345. The van der Waals surface area contributed by atoms with E-state index in [-0.39, 0.29) is 20.1 Å². The van der Waals surface area contributed by atoms with E-state index in [0.717, 1.165) is 22.5 Å². The number of rotatable bonds is 7. The predicted octanol–water partition coefficient (Wildman–Crippen LogP) is 7.25. The summed E-state index contributed by atoms with van der Waals surface area (Å²) >= 11 is 0. The van der Waals surface area contributed by atoms with Crippen LogP contribution in [0.25, 0.3) is 22.3 Å². The van der Waals surface area contributed by atoms with Gasteiger partial charge in [0.05, 0.1) is 0 Å². The molecule has 0 saturated heterocycles. The summed E-state index contributed by atoms with van der Waals surface area (Å²) in [6.45, 7) is 18.9. The third-order valence-corrected chi connectivity index (χ3v) is 4.25. The number of aryl methyl sites for hydroxylation is 1. The summed E-state index contributed by atoms with van der Waals surface area (Å²) in [4.78, 5) is 8.54. The molecule has 0 fully saturated rings. The van der Waals surface area contributed by atoms with Crippen molar-refractivity contribution >= 4 is 11.1 Å². The molecule has 3 rings (SSSR count). The Hall–Kier alpha value is -3.39. The standard InChI is InChI=1S/C18H16N.C11H10N.Ir/c1-4-5-9-14(2)18-12-15(3)17(13-19-18)16-10-7-6-8-11-16;1-3-4-7-10(2)11-8-5-6-9-12-11;/h4-8,10-13H,1-2H2,3H3;2-9H,1H2;/q2*-1;/b;7-4-;. The zero-order valence-electron chi connectivity index (χ0n) is 18.2. The van der Waals surface area contributed by atoms with Gasteiger partial charge >= 0.3 is 0 Å². The van der Waals surface area contributed by atoms with E-state index >= 15 is 0 Å². The molecule has 1 aromatic carbocycles. The first kappa shape index (κ1) is 26.6. The molecule has 0 atom stereocenters. The van der Waals surface area contributed by atoms with Crippen molar-refractivity contribution in [1.82, 2.24) is 9.97 Å². The number of allylic oxidation sites excluding steroid dienone is 8. The Kier molecular flexibility index (Phi) is 12.1. The van der Waals surface area contributed by atoms with Crippen LogP contribution in [0.5, 0.6) is 0 Å². The fourth-order valence-electron chi connectivity index (χ4n) is 2.67. The van der Waals surface area contributed by atoms with Crippen molar-refractivity contribution in [3.63, 3.8) is 0 Å². The van der Waals surface area contributed by atoms with Gasteiger partial charge < -0.3 is 9.97 Å². The van der Waals surface area contributed by atoms with Gasteiger partial charge in [-0.1, -0.05) is 54.6 Å². The average molecular weight is 595 g/mol. The maximum Gasteiger partial charge on any atom is 0.0242 e. The van der Waals surface area contributed by atoms with Crippen LogP contribution in [0.15, 0.2) is 117 Å². The van der Waals surface area contributed by atoms with E-state index < -0.39 is 0 Å². The van der Waals surface area contributed by atoms with Crippen molar-refractivity contribution in [2.45, 2.75) is 6.92 Å². The second-order valence-electron chi connectivity index (χ2n) is 6.54. The van der Waals surface area contributed by atoms with Gasteiger partial charge in [-0.15, -0.1) is 43.0 Å². The Morgan fingerprint density at radius 3 is 2.28 bits per heavy atom. The summed E-state index contributed by atoms with van der Waals surface area (Å²) in [5, 5.41) is 0. The summed E-state index contributed by atoms with van der Waals surface area (Å²) in [6.07, 6.45) is 15.3. The predicted molar refractivity (Wildman–Crippen MR) is 133 cm³/mol. The van der Waals surface area contributed by atoms with E-state index in [4.69, 9.17) is 6.58 Å². The molecule has 1 radical (unpaired) electrons. The minimum atomic E-state index is 0. The normalized spacial score (nSPS) is 10.0. The molecule has 0 spiro atoms. The van der Waals surface area contributed by atoms with Crippen LogP contribution in [-0.2, 0) is 20.1 Å². The van der Waals surface area contributed by atoms with E-state index in [2.05, 4.69) is 54.8 Å². The number of hydrogen-bond acceptors (Lipinski definition) is 2. The van der Waals surface area contributed by atoms with Gasteiger partial charge in [-0.2, -0.15) is 18.2 Å². The monoisotopic (exact) mass is 595 g/mol. The topological polar surface area (TPSA) is 25.8 Å². The van der Waals surface area contributed by atoms with Crippen molar-refractivity contribution in [2.75, 3.05) is 0 Å². The van der Waals surface area contributed by atoms with Gasteiger partial charge in [-0.05, 0) is 35.5 Å². The van der Waals surface area contributed by atoms with Crippen molar-refractivity contribution in [1.29, 1.82) is 0 Å². The van der Waals surface area contributed by atoms with Gasteiger partial charge in [0.1, 0.15) is 0 Å². The second-order valence-corrected chi connectivity index (χ2v) is 6.54. The Balaban J connectivity index is 0.000000342. The third kappa shape index (κ3) is 8.39. The summed E-state index contributed by atoms with van der Waals surface area (Å²) in [5.74, 6) is 0. The molecule has 2 nitrogen and oxygen atoms in total. The molecule has 0 N–H and O–H groups in total. The Morgan fingerprint density at radius 1 is 0.969 bits per heavy atom. The zero-order valence-corrected chi connectivity index (χ0v) is 20.6. The van der Waals surface area contributed by atoms with Gasteiger partial charge in [-0.3, -0.25) is 0 Å². The molecule has 2 heterocycles. The molecule has 3 heteroatoms. The summed E-state index contributed by atoms with van der Waals surface area (Å²) < 4.78 is 0. The molecule has 0 aliphatic heterocycles. The summed E-state index contributed by atoms with van der Waals surface area (Å²) in [5.41, 5.74) is 6.54. The molecule has 0 saturated carbocycles. The van der Waals surface area contributed by atoms with Gasteiger partial charge in [0.2, 0.25) is 0 Å². The number of pyridine rings is 2. The smallest absolute Gasteiger partial charge is 0.0242 e. The van der Waals surface area contributed by atoms with Crippen LogP contribution in [0, 0.1) is 19.6 Å². The minimum absolute atomic E-state index is 0. The maximum absolute atomic E-state index is 5.70. The van der Waals surface area contributed by atoms with Crippen LogP contribution in [0.3, 0.4) is 0 Å². The van der Waals surface area contributed by atoms with Crippen LogP contribution >= 0.6 is 0 Å². The van der Waals surface area contributed by atoms with E-state index in [1.54, 1.807) is 36.6 Å². The Morgan fingerprint density at radius 2 is 1.69 bits per heavy atom. The van der Waals surface area contributed by atoms with Gasteiger partial charge in [0.15, 0.2) is 0 Å². The van der Waals surface area contributed by atoms with Crippen LogP contribution in [-0.4, -0.2) is 9.97 Å². The van der Waals surface area contributed by atoms with Crippen molar-refractivity contribution in [2.24, 2.45) is 0 Å². The van der Waals surface area contributed by atoms with E-state index in [1.165, 1.54) is 11.1 Å². The molecule has 0 bridgehead atoms. The molecule has 0 unspecified atom stereocenters. The molecule has 0 amide bonds. The van der Waals surface area contributed by atoms with E-state index in [9.17, 15) is 0 Å². The average Bonchev–Trinajstić information content (AvgIpc) is 2.82. The second kappa shape index (κ2) is 14.6. The molecular weight excluding hydrogens is 569 g/mol. The Bertz CT molecular complexity index is 1090. The largest absolute Gasteiger partial charge is 0.321 e. The van der Waals surface area contributed by atoms with Crippen LogP contribution in [0.4, 0.5) is 0 Å². The zero-order chi connectivity index (χ0) is 22.5. The van der Waals surface area contributed by atoms with Crippen molar-refractivity contribution < 1.29 is 20.1 Å². The molecule has 3 aromatic rings.